The minimum Gasteiger partial charge on any atom is -0.406 e. The molecule has 2 aromatic carbocycles. The Balaban J connectivity index is 1.75. The van der Waals surface area contributed by atoms with Crippen molar-refractivity contribution in [3.63, 3.8) is 0 Å². The monoisotopic (exact) mass is 451 g/mol. The number of ether oxygens (including phenoxy) is 1. The van der Waals surface area contributed by atoms with Crippen molar-refractivity contribution in [2.24, 2.45) is 0 Å². The third kappa shape index (κ3) is 4.61. The van der Waals surface area contributed by atoms with Crippen LogP contribution in [0.5, 0.6) is 5.75 Å². The summed E-state index contributed by atoms with van der Waals surface area (Å²) in [5.74, 6) is -0.195. The van der Waals surface area contributed by atoms with Gasteiger partial charge in [0.15, 0.2) is 10.9 Å². The van der Waals surface area contributed by atoms with E-state index in [1.807, 2.05) is 57.8 Å². The molecule has 2 aromatic rings. The molecule has 31 heavy (non-hydrogen) atoms. The topological polar surface area (TPSA) is 53.6 Å². The Bertz CT molecular complexity index is 1020. The average molecular weight is 452 g/mol. The maximum atomic E-state index is 13.0. The quantitative estimate of drug-likeness (QED) is 0.604. The van der Waals surface area contributed by atoms with Gasteiger partial charge in [-0.3, -0.25) is 4.79 Å². The fraction of sp³-hybridized carbons (Fsp3) is 0.364. The molecule has 0 spiro atoms. The lowest BCUT2D eigenvalue weighted by atomic mass is 9.69. The summed E-state index contributed by atoms with van der Waals surface area (Å²) in [6.07, 6.45) is -4.74. The predicted octanol–water partition coefficient (Wildman–Crippen LogP) is 5.47. The van der Waals surface area contributed by atoms with Crippen LogP contribution in [0.4, 0.5) is 30.2 Å². The van der Waals surface area contributed by atoms with Gasteiger partial charge in [0.1, 0.15) is 5.75 Å². The number of carbonyl (C=O) groups excluding carboxylic acids is 1. The zero-order chi connectivity index (χ0) is 23.2. The number of hydrogen-bond donors (Lipinski definition) is 2. The highest BCUT2D eigenvalue weighted by Gasteiger charge is 2.48. The van der Waals surface area contributed by atoms with Gasteiger partial charge in [-0.2, -0.15) is 0 Å². The van der Waals surface area contributed by atoms with Crippen LogP contribution in [0, 0.1) is 0 Å². The number of halogens is 3. The number of alkyl halides is 3. The third-order valence-electron chi connectivity index (χ3n) is 5.60. The molecule has 0 saturated carbocycles. The van der Waals surface area contributed by atoms with Crippen LogP contribution in [0.1, 0.15) is 33.3 Å². The van der Waals surface area contributed by atoms with Gasteiger partial charge in [0, 0.05) is 24.1 Å². The second kappa shape index (κ2) is 7.71. The molecule has 0 atom stereocenters. The summed E-state index contributed by atoms with van der Waals surface area (Å²) in [5.41, 5.74) is 1.76. The molecule has 9 heteroatoms. The van der Waals surface area contributed by atoms with Gasteiger partial charge in [-0.1, -0.05) is 0 Å². The number of likely N-dealkylation sites (N-methyl/N-ethyl adjacent to an activating group) is 1. The molecule has 0 aromatic heterocycles. The summed E-state index contributed by atoms with van der Waals surface area (Å²) < 4.78 is 40.7. The number of carbonyl (C=O) groups is 1. The molecule has 0 fully saturated rings. The number of thiocarbonyl (C=S) groups is 1. The first-order valence-electron chi connectivity index (χ1n) is 9.59. The number of nitrogens with one attached hydrogen (secondary N) is 2. The van der Waals surface area contributed by atoms with E-state index in [0.717, 1.165) is 11.3 Å². The van der Waals surface area contributed by atoms with Crippen LogP contribution in [0.15, 0.2) is 42.5 Å². The summed E-state index contributed by atoms with van der Waals surface area (Å²) >= 11 is 5.32. The molecule has 0 unspecified atom stereocenters. The number of ketones is 1. The maximum Gasteiger partial charge on any atom is 0.573 e. The van der Waals surface area contributed by atoms with Gasteiger partial charge < -0.3 is 20.3 Å². The molecule has 0 radical (unpaired) electrons. The zero-order valence-corrected chi connectivity index (χ0v) is 18.7. The first-order valence-corrected chi connectivity index (χ1v) is 10.00. The number of benzene rings is 2. The van der Waals surface area contributed by atoms with Gasteiger partial charge in [-0.05, 0) is 87.9 Å². The Labute approximate surface area is 184 Å². The normalized spacial score (nSPS) is 17.0. The Morgan fingerprint density at radius 2 is 1.55 bits per heavy atom. The molecule has 0 amide bonds. The smallest absolute Gasteiger partial charge is 0.406 e. The second-order valence-electron chi connectivity index (χ2n) is 8.46. The molecule has 2 N–H and O–H groups in total. The fourth-order valence-electron chi connectivity index (χ4n) is 3.78. The van der Waals surface area contributed by atoms with E-state index in [2.05, 4.69) is 15.4 Å². The van der Waals surface area contributed by atoms with Crippen molar-refractivity contribution in [2.75, 3.05) is 22.6 Å². The van der Waals surface area contributed by atoms with Crippen molar-refractivity contribution >= 4 is 40.2 Å². The summed E-state index contributed by atoms with van der Waals surface area (Å²) in [7, 11) is 1.90. The first-order chi connectivity index (χ1) is 14.2. The van der Waals surface area contributed by atoms with E-state index < -0.39 is 17.3 Å². The van der Waals surface area contributed by atoms with Crippen LogP contribution in [-0.2, 0) is 10.2 Å². The number of Topliss-reactive ketones (excluding diaryl/α,β-unsaturated/α-hetero) is 1. The van der Waals surface area contributed by atoms with E-state index in [0.29, 0.717) is 11.4 Å². The van der Waals surface area contributed by atoms with Gasteiger partial charge >= 0.3 is 6.36 Å². The van der Waals surface area contributed by atoms with Crippen molar-refractivity contribution in [1.29, 1.82) is 0 Å². The van der Waals surface area contributed by atoms with E-state index >= 15 is 0 Å². The van der Waals surface area contributed by atoms with E-state index in [1.54, 1.807) is 0 Å². The number of fused-ring (bicyclic) bond motifs is 1. The van der Waals surface area contributed by atoms with Crippen molar-refractivity contribution < 1.29 is 22.7 Å². The van der Waals surface area contributed by atoms with Gasteiger partial charge in [-0.15, -0.1) is 13.2 Å². The summed E-state index contributed by atoms with van der Waals surface area (Å²) in [6, 6.07) is 11.0. The minimum atomic E-state index is -4.74. The highest BCUT2D eigenvalue weighted by Crippen LogP contribution is 2.44. The Morgan fingerprint density at radius 3 is 2.13 bits per heavy atom. The number of anilines is 3. The largest absolute Gasteiger partial charge is 0.573 e. The molecule has 1 heterocycles. The Morgan fingerprint density at radius 1 is 1.00 bits per heavy atom. The van der Waals surface area contributed by atoms with Crippen LogP contribution in [-0.4, -0.2) is 29.8 Å². The Kier molecular flexibility index (Phi) is 5.69. The lowest BCUT2D eigenvalue weighted by Gasteiger charge is -2.48. The van der Waals surface area contributed by atoms with Crippen molar-refractivity contribution in [3.05, 3.63) is 48.0 Å². The molecule has 166 valence electrons. The molecule has 0 aliphatic carbocycles. The van der Waals surface area contributed by atoms with E-state index in [1.165, 1.54) is 24.3 Å². The number of hydrogen-bond acceptors (Lipinski definition) is 4. The molecule has 5 nitrogen and oxygen atoms in total. The molecule has 0 saturated heterocycles. The van der Waals surface area contributed by atoms with Gasteiger partial charge in [0.25, 0.3) is 0 Å². The fourth-order valence-corrected chi connectivity index (χ4v) is 4.02. The first kappa shape index (κ1) is 22.9. The van der Waals surface area contributed by atoms with Crippen LogP contribution in [0.25, 0.3) is 0 Å². The number of nitrogens with zero attached hydrogens (tertiary/aromatic N) is 1. The second-order valence-corrected chi connectivity index (χ2v) is 8.86. The van der Waals surface area contributed by atoms with E-state index in [9.17, 15) is 18.0 Å². The molecular weight excluding hydrogens is 427 g/mol. The van der Waals surface area contributed by atoms with Crippen molar-refractivity contribution in [3.8, 4) is 5.75 Å². The molecule has 0 bridgehead atoms. The third-order valence-corrected chi connectivity index (χ3v) is 5.80. The Hall–Kier alpha value is -2.81. The maximum absolute atomic E-state index is 13.0. The lowest BCUT2D eigenvalue weighted by Crippen LogP contribution is -2.58. The molecule has 3 rings (SSSR count). The average Bonchev–Trinajstić information content (AvgIpc) is 2.66. The zero-order valence-electron chi connectivity index (χ0n) is 17.8. The summed E-state index contributed by atoms with van der Waals surface area (Å²) in [5, 5.41) is 6.24. The summed E-state index contributed by atoms with van der Waals surface area (Å²) in [4.78, 5) is 15.0. The van der Waals surface area contributed by atoms with Crippen LogP contribution < -0.4 is 20.3 Å². The minimum absolute atomic E-state index is 0.119. The van der Waals surface area contributed by atoms with Crippen LogP contribution in [0.2, 0.25) is 0 Å². The van der Waals surface area contributed by atoms with E-state index in [-0.39, 0.29) is 16.6 Å². The molecular formula is C22H24F3N3O2S. The molecule has 1 aliphatic heterocycles. The summed E-state index contributed by atoms with van der Waals surface area (Å²) in [6.45, 7) is 7.65. The van der Waals surface area contributed by atoms with Crippen LogP contribution >= 0.6 is 12.2 Å². The van der Waals surface area contributed by atoms with Gasteiger partial charge in [0.2, 0.25) is 0 Å². The highest BCUT2D eigenvalue weighted by atomic mass is 32.1. The van der Waals surface area contributed by atoms with Gasteiger partial charge in [0.05, 0.1) is 11.0 Å². The molecule has 1 aliphatic rings. The number of rotatable bonds is 3. The standard InChI is InChI=1S/C22H24F3N3O2S/c1-20(2)16-12-14(8-11-17(16)28(5)21(3,4)18(20)29)27-19(31)26-13-6-9-15(10-7-13)30-22(23,24)25/h6-12H,1-5H3,(H2,26,27,31). The highest BCUT2D eigenvalue weighted by molar-refractivity contribution is 7.80. The van der Waals surface area contributed by atoms with Crippen molar-refractivity contribution in [2.45, 2.75) is 45.0 Å². The van der Waals surface area contributed by atoms with Crippen LogP contribution in [0.3, 0.4) is 0 Å². The lowest BCUT2D eigenvalue weighted by molar-refractivity contribution is -0.274. The SMILES string of the molecule is CN1c2ccc(NC(=S)Nc3ccc(OC(F)(F)F)cc3)cc2C(C)(C)C(=O)C1(C)C. The predicted molar refractivity (Wildman–Crippen MR) is 120 cm³/mol. The van der Waals surface area contributed by atoms with Crippen molar-refractivity contribution in [1.82, 2.24) is 0 Å². The van der Waals surface area contributed by atoms with E-state index in [4.69, 9.17) is 12.2 Å². The van der Waals surface area contributed by atoms with Gasteiger partial charge in [-0.25, -0.2) is 0 Å².